The molecule has 0 aliphatic rings. The number of para-hydroxylation sites is 1. The minimum atomic E-state index is 0.0429. The van der Waals surface area contributed by atoms with Gasteiger partial charge in [0.05, 0.1) is 13.5 Å². The first kappa shape index (κ1) is 11.6. The van der Waals surface area contributed by atoms with Crippen molar-refractivity contribution in [1.82, 2.24) is 5.32 Å². The van der Waals surface area contributed by atoms with Crippen LogP contribution in [0.15, 0.2) is 24.3 Å². The van der Waals surface area contributed by atoms with Crippen molar-refractivity contribution in [3.8, 4) is 5.75 Å². The highest BCUT2D eigenvalue weighted by Gasteiger charge is 2.06. The summed E-state index contributed by atoms with van der Waals surface area (Å²) in [5, 5.41) is 2.84. The Morgan fingerprint density at radius 1 is 1.40 bits per heavy atom. The number of hydrogen-bond donors (Lipinski definition) is 1. The van der Waals surface area contributed by atoms with Gasteiger partial charge in [-0.05, 0) is 12.5 Å². The lowest BCUT2D eigenvalue weighted by molar-refractivity contribution is -0.120. The quantitative estimate of drug-likeness (QED) is 0.799. The summed E-state index contributed by atoms with van der Waals surface area (Å²) in [5.41, 5.74) is 0.925. The molecule has 0 saturated carbocycles. The molecule has 0 unspecified atom stereocenters. The van der Waals surface area contributed by atoms with Crippen molar-refractivity contribution in [2.45, 2.75) is 19.8 Å². The molecule has 0 aromatic heterocycles. The predicted octanol–water partition coefficient (Wildman–Crippen LogP) is 1.76. The Morgan fingerprint density at radius 3 is 2.80 bits per heavy atom. The van der Waals surface area contributed by atoms with E-state index < -0.39 is 0 Å². The minimum Gasteiger partial charge on any atom is -0.496 e. The maximum Gasteiger partial charge on any atom is 0.224 e. The van der Waals surface area contributed by atoms with Crippen molar-refractivity contribution in [3.63, 3.8) is 0 Å². The Bertz CT molecular complexity index is 323. The van der Waals surface area contributed by atoms with Gasteiger partial charge in [0.15, 0.2) is 0 Å². The third kappa shape index (κ3) is 3.62. The zero-order valence-corrected chi connectivity index (χ0v) is 9.25. The second-order valence-electron chi connectivity index (χ2n) is 3.34. The van der Waals surface area contributed by atoms with Crippen LogP contribution in [0.5, 0.6) is 5.75 Å². The normalized spacial score (nSPS) is 9.73. The fourth-order valence-corrected chi connectivity index (χ4v) is 1.35. The molecule has 0 atom stereocenters. The Balaban J connectivity index is 2.59. The van der Waals surface area contributed by atoms with Crippen molar-refractivity contribution in [3.05, 3.63) is 29.8 Å². The summed E-state index contributed by atoms with van der Waals surface area (Å²) in [6.07, 6.45) is 1.33. The average Bonchev–Trinajstić information content (AvgIpc) is 2.27. The monoisotopic (exact) mass is 207 g/mol. The second-order valence-corrected chi connectivity index (χ2v) is 3.34. The van der Waals surface area contributed by atoms with Crippen LogP contribution in [0.25, 0.3) is 0 Å². The molecular formula is C12H17NO2. The molecule has 0 radical (unpaired) electrons. The molecule has 1 N–H and O–H groups in total. The van der Waals surface area contributed by atoms with Crippen LogP contribution in [-0.4, -0.2) is 19.6 Å². The van der Waals surface area contributed by atoms with E-state index in [1.165, 1.54) is 0 Å². The fraction of sp³-hybridized carbons (Fsp3) is 0.417. The van der Waals surface area contributed by atoms with Crippen molar-refractivity contribution < 1.29 is 9.53 Å². The van der Waals surface area contributed by atoms with E-state index in [0.29, 0.717) is 6.42 Å². The number of methoxy groups -OCH3 is 1. The number of benzene rings is 1. The van der Waals surface area contributed by atoms with E-state index in [4.69, 9.17) is 4.74 Å². The Kier molecular flexibility index (Phi) is 4.68. The Morgan fingerprint density at radius 2 is 2.13 bits per heavy atom. The number of ether oxygens (including phenoxy) is 1. The number of carbonyl (C=O) groups excluding carboxylic acids is 1. The summed E-state index contributed by atoms with van der Waals surface area (Å²) in [6.45, 7) is 2.76. The van der Waals surface area contributed by atoms with E-state index in [9.17, 15) is 4.79 Å². The third-order valence-corrected chi connectivity index (χ3v) is 2.12. The molecule has 3 heteroatoms. The third-order valence-electron chi connectivity index (χ3n) is 2.12. The van der Waals surface area contributed by atoms with Crippen LogP contribution in [0.4, 0.5) is 0 Å². The molecule has 0 saturated heterocycles. The molecule has 0 aliphatic heterocycles. The van der Waals surface area contributed by atoms with Crippen molar-refractivity contribution in [1.29, 1.82) is 0 Å². The smallest absolute Gasteiger partial charge is 0.224 e. The van der Waals surface area contributed by atoms with Gasteiger partial charge in [-0.3, -0.25) is 4.79 Å². The van der Waals surface area contributed by atoms with Gasteiger partial charge in [-0.25, -0.2) is 0 Å². The van der Waals surface area contributed by atoms with Crippen LogP contribution in [0, 0.1) is 0 Å². The van der Waals surface area contributed by atoms with E-state index in [0.717, 1.165) is 24.3 Å². The highest BCUT2D eigenvalue weighted by molar-refractivity contribution is 5.79. The molecule has 0 aliphatic carbocycles. The Labute approximate surface area is 90.4 Å². The zero-order valence-electron chi connectivity index (χ0n) is 9.25. The molecule has 0 fully saturated rings. The van der Waals surface area contributed by atoms with Gasteiger partial charge >= 0.3 is 0 Å². The highest BCUT2D eigenvalue weighted by atomic mass is 16.5. The van der Waals surface area contributed by atoms with Crippen molar-refractivity contribution in [2.24, 2.45) is 0 Å². The van der Waals surface area contributed by atoms with Crippen LogP contribution in [0.3, 0.4) is 0 Å². The number of carbonyl (C=O) groups is 1. The van der Waals surface area contributed by atoms with Crippen molar-refractivity contribution >= 4 is 5.91 Å². The van der Waals surface area contributed by atoms with E-state index >= 15 is 0 Å². The number of hydrogen-bond acceptors (Lipinski definition) is 2. The first-order valence-corrected chi connectivity index (χ1v) is 5.16. The van der Waals surface area contributed by atoms with Gasteiger partial charge in [0.2, 0.25) is 5.91 Å². The first-order chi connectivity index (χ1) is 7.27. The van der Waals surface area contributed by atoms with Gasteiger partial charge in [0.1, 0.15) is 5.75 Å². The zero-order chi connectivity index (χ0) is 11.1. The van der Waals surface area contributed by atoms with Crippen LogP contribution >= 0.6 is 0 Å². The fourth-order valence-electron chi connectivity index (χ4n) is 1.35. The molecule has 1 amide bonds. The molecular weight excluding hydrogens is 190 g/mol. The highest BCUT2D eigenvalue weighted by Crippen LogP contribution is 2.17. The molecule has 1 rings (SSSR count). The van der Waals surface area contributed by atoms with E-state index in [-0.39, 0.29) is 5.91 Å². The minimum absolute atomic E-state index is 0.0429. The van der Waals surface area contributed by atoms with Gasteiger partial charge in [-0.1, -0.05) is 25.1 Å². The maximum atomic E-state index is 11.5. The lowest BCUT2D eigenvalue weighted by Gasteiger charge is -2.08. The van der Waals surface area contributed by atoms with Gasteiger partial charge in [-0.2, -0.15) is 0 Å². The first-order valence-electron chi connectivity index (χ1n) is 5.16. The molecule has 1 aromatic carbocycles. The summed E-state index contributed by atoms with van der Waals surface area (Å²) in [5.74, 6) is 0.811. The average molecular weight is 207 g/mol. The number of nitrogens with one attached hydrogen (secondary N) is 1. The molecule has 1 aromatic rings. The molecule has 0 spiro atoms. The van der Waals surface area contributed by atoms with Gasteiger partial charge in [0, 0.05) is 12.1 Å². The molecule has 0 heterocycles. The summed E-state index contributed by atoms with van der Waals surface area (Å²) in [6, 6.07) is 7.57. The SMILES string of the molecule is CCCNC(=O)Cc1ccccc1OC. The topological polar surface area (TPSA) is 38.3 Å². The molecule has 3 nitrogen and oxygen atoms in total. The lowest BCUT2D eigenvalue weighted by Crippen LogP contribution is -2.25. The molecule has 82 valence electrons. The lowest BCUT2D eigenvalue weighted by atomic mass is 10.1. The summed E-state index contributed by atoms with van der Waals surface area (Å²) in [7, 11) is 1.61. The van der Waals surface area contributed by atoms with E-state index in [1.807, 2.05) is 31.2 Å². The summed E-state index contributed by atoms with van der Waals surface area (Å²) >= 11 is 0. The van der Waals surface area contributed by atoms with Crippen molar-refractivity contribution in [2.75, 3.05) is 13.7 Å². The summed E-state index contributed by atoms with van der Waals surface area (Å²) < 4.78 is 5.17. The predicted molar refractivity (Wildman–Crippen MR) is 60.0 cm³/mol. The molecule has 0 bridgehead atoms. The van der Waals surface area contributed by atoms with Crippen LogP contribution in [-0.2, 0) is 11.2 Å². The van der Waals surface area contributed by atoms with Crippen LogP contribution in [0.2, 0.25) is 0 Å². The van der Waals surface area contributed by atoms with E-state index in [2.05, 4.69) is 5.32 Å². The Hall–Kier alpha value is -1.51. The molecule has 15 heavy (non-hydrogen) atoms. The van der Waals surface area contributed by atoms with Gasteiger partial charge in [0.25, 0.3) is 0 Å². The summed E-state index contributed by atoms with van der Waals surface area (Å²) in [4.78, 5) is 11.5. The van der Waals surface area contributed by atoms with E-state index in [1.54, 1.807) is 7.11 Å². The largest absolute Gasteiger partial charge is 0.496 e. The van der Waals surface area contributed by atoms with Crippen LogP contribution < -0.4 is 10.1 Å². The maximum absolute atomic E-state index is 11.5. The standard InChI is InChI=1S/C12H17NO2/c1-3-8-13-12(14)9-10-6-4-5-7-11(10)15-2/h4-7H,3,8-9H2,1-2H3,(H,13,14). The number of amides is 1. The van der Waals surface area contributed by atoms with Gasteiger partial charge < -0.3 is 10.1 Å². The van der Waals surface area contributed by atoms with Gasteiger partial charge in [-0.15, -0.1) is 0 Å². The van der Waals surface area contributed by atoms with Crippen LogP contribution in [0.1, 0.15) is 18.9 Å². The second kappa shape index (κ2) is 6.06. The number of rotatable bonds is 5.